The lowest BCUT2D eigenvalue weighted by Crippen LogP contribution is -2.44. The summed E-state index contributed by atoms with van der Waals surface area (Å²) in [6, 6.07) is -1.09. The van der Waals surface area contributed by atoms with Gasteiger partial charge in [0.2, 0.25) is 5.91 Å². The highest BCUT2D eigenvalue weighted by Crippen LogP contribution is 2.01. The third-order valence-electron chi connectivity index (χ3n) is 1.79. The number of carbonyl (C=O) groups excluding carboxylic acids is 2. The third kappa shape index (κ3) is 7.75. The summed E-state index contributed by atoms with van der Waals surface area (Å²) in [5, 5.41) is 4.97. The quantitative estimate of drug-likeness (QED) is 0.434. The van der Waals surface area contributed by atoms with Gasteiger partial charge in [0.25, 0.3) is 0 Å². The van der Waals surface area contributed by atoms with Crippen LogP contribution in [-0.4, -0.2) is 31.1 Å². The molecule has 0 aromatic carbocycles. The van der Waals surface area contributed by atoms with Crippen molar-refractivity contribution in [3.8, 4) is 0 Å². The van der Waals surface area contributed by atoms with Gasteiger partial charge >= 0.3 is 6.03 Å². The van der Waals surface area contributed by atoms with E-state index in [1.807, 2.05) is 13.8 Å². The van der Waals surface area contributed by atoms with Crippen LogP contribution in [0, 0.1) is 5.92 Å². The Hall–Kier alpha value is -1.30. The highest BCUT2D eigenvalue weighted by Gasteiger charge is 2.13. The predicted octanol–water partition coefficient (Wildman–Crippen LogP) is -0.856. The summed E-state index contributed by atoms with van der Waals surface area (Å²) in [5.74, 6) is 0.185. The van der Waals surface area contributed by atoms with E-state index in [1.54, 1.807) is 0 Å². The van der Waals surface area contributed by atoms with Crippen LogP contribution in [0.2, 0.25) is 0 Å². The molecule has 0 saturated carbocycles. The van der Waals surface area contributed by atoms with Crippen LogP contribution in [0.3, 0.4) is 0 Å². The van der Waals surface area contributed by atoms with Crippen molar-refractivity contribution in [3.05, 3.63) is 0 Å². The highest BCUT2D eigenvalue weighted by molar-refractivity contribution is 5.81. The van der Waals surface area contributed by atoms with Gasteiger partial charge in [0.05, 0.1) is 6.04 Å². The molecule has 0 aromatic heterocycles. The summed E-state index contributed by atoms with van der Waals surface area (Å²) in [5.41, 5.74) is 10.5. The largest absolute Gasteiger partial charge is 0.353 e. The summed E-state index contributed by atoms with van der Waals surface area (Å²) < 4.78 is 0. The lowest BCUT2D eigenvalue weighted by molar-refractivity contribution is -0.122. The van der Waals surface area contributed by atoms with Crippen molar-refractivity contribution in [2.24, 2.45) is 17.4 Å². The van der Waals surface area contributed by atoms with Gasteiger partial charge in [0.15, 0.2) is 0 Å². The van der Waals surface area contributed by atoms with Crippen molar-refractivity contribution < 1.29 is 9.59 Å². The Morgan fingerprint density at radius 2 is 1.73 bits per heavy atom. The zero-order chi connectivity index (χ0) is 11.8. The number of nitrogens with one attached hydrogen (secondary N) is 2. The fourth-order valence-corrected chi connectivity index (χ4v) is 1.12. The van der Waals surface area contributed by atoms with E-state index in [4.69, 9.17) is 11.5 Å². The number of primary amides is 1. The van der Waals surface area contributed by atoms with Gasteiger partial charge in [0, 0.05) is 13.1 Å². The molecule has 0 fully saturated rings. The van der Waals surface area contributed by atoms with E-state index in [9.17, 15) is 9.59 Å². The molecule has 15 heavy (non-hydrogen) atoms. The van der Waals surface area contributed by atoms with Gasteiger partial charge in [-0.05, 0) is 12.3 Å². The Morgan fingerprint density at radius 3 is 2.20 bits per heavy atom. The van der Waals surface area contributed by atoms with Gasteiger partial charge in [-0.15, -0.1) is 0 Å². The van der Waals surface area contributed by atoms with Crippen LogP contribution in [0.25, 0.3) is 0 Å². The lowest BCUT2D eigenvalue weighted by Gasteiger charge is -2.13. The summed E-state index contributed by atoms with van der Waals surface area (Å²) in [7, 11) is 0. The topological polar surface area (TPSA) is 110 Å². The van der Waals surface area contributed by atoms with Gasteiger partial charge < -0.3 is 22.1 Å². The maximum absolute atomic E-state index is 11.3. The predicted molar refractivity (Wildman–Crippen MR) is 58.0 cm³/mol. The van der Waals surface area contributed by atoms with E-state index in [-0.39, 0.29) is 5.91 Å². The molecule has 0 spiro atoms. The van der Waals surface area contributed by atoms with Gasteiger partial charge in [-0.1, -0.05) is 13.8 Å². The molecule has 1 atom stereocenters. The molecule has 0 rings (SSSR count). The van der Waals surface area contributed by atoms with E-state index in [0.717, 1.165) is 0 Å². The number of nitrogens with two attached hydrogens (primary N) is 2. The molecular formula is C9H20N4O2. The van der Waals surface area contributed by atoms with Crippen LogP contribution in [-0.2, 0) is 4.79 Å². The van der Waals surface area contributed by atoms with Gasteiger partial charge in [-0.2, -0.15) is 0 Å². The van der Waals surface area contributed by atoms with Gasteiger partial charge in [0.1, 0.15) is 0 Å². The molecule has 88 valence electrons. The monoisotopic (exact) mass is 216 g/mol. The number of urea groups is 1. The lowest BCUT2D eigenvalue weighted by atomic mass is 10.0. The van der Waals surface area contributed by atoms with Crippen LogP contribution < -0.4 is 22.1 Å². The summed E-state index contributed by atoms with van der Waals surface area (Å²) in [6.45, 7) is 4.66. The number of carbonyl (C=O) groups is 2. The molecule has 0 aliphatic heterocycles. The molecule has 0 heterocycles. The fraction of sp³-hybridized carbons (Fsp3) is 0.778. The third-order valence-corrected chi connectivity index (χ3v) is 1.79. The van der Waals surface area contributed by atoms with Crippen LogP contribution >= 0.6 is 0 Å². The first-order valence-electron chi connectivity index (χ1n) is 5.00. The molecule has 0 aliphatic rings. The maximum Gasteiger partial charge on any atom is 0.312 e. The van der Waals surface area contributed by atoms with E-state index in [0.29, 0.717) is 25.4 Å². The molecule has 0 aliphatic carbocycles. The Balaban J connectivity index is 3.60. The van der Waals surface area contributed by atoms with E-state index in [2.05, 4.69) is 10.6 Å². The van der Waals surface area contributed by atoms with Gasteiger partial charge in [-0.25, -0.2) is 4.79 Å². The second kappa shape index (κ2) is 7.05. The molecule has 0 bridgehead atoms. The molecule has 0 radical (unpaired) electrons. The van der Waals surface area contributed by atoms with Crippen molar-refractivity contribution in [2.75, 3.05) is 13.1 Å². The van der Waals surface area contributed by atoms with E-state index < -0.39 is 12.1 Å². The number of rotatable bonds is 6. The molecule has 0 saturated heterocycles. The molecular weight excluding hydrogens is 196 g/mol. The number of hydrogen-bond donors (Lipinski definition) is 4. The van der Waals surface area contributed by atoms with Crippen molar-refractivity contribution in [1.82, 2.24) is 10.6 Å². The minimum atomic E-state index is -0.601. The van der Waals surface area contributed by atoms with Crippen LogP contribution in [0.15, 0.2) is 0 Å². The SMILES string of the molecule is CC(C)C[C@H](N)C(=O)NCCNC(N)=O. The molecule has 6 N–H and O–H groups in total. The van der Waals surface area contributed by atoms with Gasteiger partial charge in [-0.3, -0.25) is 4.79 Å². The Kier molecular flexibility index (Phi) is 6.44. The number of hydrogen-bond acceptors (Lipinski definition) is 3. The number of amides is 3. The highest BCUT2D eigenvalue weighted by atomic mass is 16.2. The first kappa shape index (κ1) is 13.7. The van der Waals surface area contributed by atoms with Crippen LogP contribution in [0.4, 0.5) is 4.79 Å². The zero-order valence-corrected chi connectivity index (χ0v) is 9.25. The molecule has 3 amide bonds. The maximum atomic E-state index is 11.3. The Bertz CT molecular complexity index is 218. The average Bonchev–Trinajstić information content (AvgIpc) is 2.10. The minimum Gasteiger partial charge on any atom is -0.353 e. The van der Waals surface area contributed by atoms with E-state index >= 15 is 0 Å². The van der Waals surface area contributed by atoms with Crippen LogP contribution in [0.1, 0.15) is 20.3 Å². The molecule has 6 heteroatoms. The minimum absolute atomic E-state index is 0.199. The summed E-state index contributed by atoms with van der Waals surface area (Å²) in [4.78, 5) is 21.6. The second-order valence-electron chi connectivity index (χ2n) is 3.82. The Morgan fingerprint density at radius 1 is 1.20 bits per heavy atom. The molecule has 0 unspecified atom stereocenters. The Labute approximate surface area is 89.8 Å². The fourth-order valence-electron chi connectivity index (χ4n) is 1.12. The van der Waals surface area contributed by atoms with Crippen molar-refractivity contribution in [1.29, 1.82) is 0 Å². The first-order valence-corrected chi connectivity index (χ1v) is 5.00. The summed E-state index contributed by atoms with van der Waals surface area (Å²) in [6.07, 6.45) is 0.648. The summed E-state index contributed by atoms with van der Waals surface area (Å²) >= 11 is 0. The van der Waals surface area contributed by atoms with Crippen molar-refractivity contribution in [2.45, 2.75) is 26.3 Å². The van der Waals surface area contributed by atoms with Crippen LogP contribution in [0.5, 0.6) is 0 Å². The normalized spacial score (nSPS) is 12.3. The first-order chi connectivity index (χ1) is 6.93. The second-order valence-corrected chi connectivity index (χ2v) is 3.82. The molecule has 0 aromatic rings. The standard InChI is InChI=1S/C9H20N4O2/c1-6(2)5-7(10)8(14)12-3-4-13-9(11)15/h6-7H,3-5,10H2,1-2H3,(H,12,14)(H3,11,13,15)/t7-/m0/s1. The van der Waals surface area contributed by atoms with Crippen molar-refractivity contribution in [3.63, 3.8) is 0 Å². The molecule has 6 nitrogen and oxygen atoms in total. The van der Waals surface area contributed by atoms with E-state index in [1.165, 1.54) is 0 Å². The van der Waals surface area contributed by atoms with Crippen molar-refractivity contribution >= 4 is 11.9 Å². The zero-order valence-electron chi connectivity index (χ0n) is 9.25. The average molecular weight is 216 g/mol. The smallest absolute Gasteiger partial charge is 0.312 e.